The smallest absolute Gasteiger partial charge is 0.118 e. The second-order valence-electron chi connectivity index (χ2n) is 6.76. The van der Waals surface area contributed by atoms with Crippen LogP contribution in [0.15, 0.2) is 72.8 Å². The van der Waals surface area contributed by atoms with Crippen molar-refractivity contribution in [1.82, 2.24) is 4.90 Å². The van der Waals surface area contributed by atoms with Crippen molar-refractivity contribution in [3.63, 3.8) is 0 Å². The average Bonchev–Trinajstić information content (AvgIpc) is 2.69. The Morgan fingerprint density at radius 1 is 1.00 bits per heavy atom. The van der Waals surface area contributed by atoms with Crippen molar-refractivity contribution in [3.8, 4) is 11.5 Å². The molecule has 0 fully saturated rings. The molecule has 1 unspecified atom stereocenters. The van der Waals surface area contributed by atoms with Crippen molar-refractivity contribution in [1.29, 1.82) is 0 Å². The monoisotopic (exact) mass is 345 g/mol. The molecule has 3 aromatic carbocycles. The first kappa shape index (κ1) is 16.7. The van der Waals surface area contributed by atoms with Crippen LogP contribution in [0.5, 0.6) is 11.5 Å². The number of nitrogens with zero attached hydrogens (tertiary/aromatic N) is 1. The van der Waals surface area contributed by atoms with E-state index in [2.05, 4.69) is 53.4 Å². The van der Waals surface area contributed by atoms with Gasteiger partial charge in [-0.2, -0.15) is 0 Å². The van der Waals surface area contributed by atoms with Crippen LogP contribution >= 0.6 is 0 Å². The Morgan fingerprint density at radius 3 is 2.50 bits per heavy atom. The third-order valence-electron chi connectivity index (χ3n) is 5.11. The minimum absolute atomic E-state index is 0.172. The van der Waals surface area contributed by atoms with Crippen LogP contribution in [0.1, 0.15) is 28.3 Å². The Bertz CT molecular complexity index is 874. The molecule has 0 amide bonds. The summed E-state index contributed by atoms with van der Waals surface area (Å²) in [5.41, 5.74) is 5.06. The third-order valence-corrected chi connectivity index (χ3v) is 5.11. The summed E-state index contributed by atoms with van der Waals surface area (Å²) in [4.78, 5) is 2.51. The molecule has 0 aliphatic carbocycles. The van der Waals surface area contributed by atoms with Crippen LogP contribution < -0.4 is 4.74 Å². The minimum atomic E-state index is 0.172. The summed E-state index contributed by atoms with van der Waals surface area (Å²) in [6.07, 6.45) is 0.948. The molecular formula is C23H23NO2. The molecule has 0 saturated carbocycles. The van der Waals surface area contributed by atoms with Gasteiger partial charge >= 0.3 is 0 Å². The Kier molecular flexibility index (Phi) is 4.63. The number of methoxy groups -OCH3 is 1. The zero-order valence-electron chi connectivity index (χ0n) is 14.9. The quantitative estimate of drug-likeness (QED) is 0.753. The van der Waals surface area contributed by atoms with Gasteiger partial charge in [0.25, 0.3) is 0 Å². The van der Waals surface area contributed by atoms with E-state index < -0.39 is 0 Å². The molecular weight excluding hydrogens is 322 g/mol. The van der Waals surface area contributed by atoms with E-state index in [-0.39, 0.29) is 6.04 Å². The van der Waals surface area contributed by atoms with E-state index >= 15 is 0 Å². The number of fused-ring (bicyclic) bond motifs is 1. The number of ether oxygens (including phenoxy) is 1. The van der Waals surface area contributed by atoms with Crippen LogP contribution in [0.25, 0.3) is 0 Å². The molecule has 1 heterocycles. The van der Waals surface area contributed by atoms with Crippen LogP contribution in [0.2, 0.25) is 0 Å². The first-order valence-corrected chi connectivity index (χ1v) is 8.98. The maximum absolute atomic E-state index is 9.88. The van der Waals surface area contributed by atoms with E-state index in [0.29, 0.717) is 5.75 Å². The number of hydrogen-bond donors (Lipinski definition) is 1. The van der Waals surface area contributed by atoms with Crippen molar-refractivity contribution in [2.75, 3.05) is 13.7 Å². The van der Waals surface area contributed by atoms with Gasteiger partial charge in [0.1, 0.15) is 11.5 Å². The van der Waals surface area contributed by atoms with Crippen LogP contribution in [0, 0.1) is 0 Å². The second kappa shape index (κ2) is 7.22. The molecule has 0 bridgehead atoms. The van der Waals surface area contributed by atoms with E-state index in [0.717, 1.165) is 25.3 Å². The topological polar surface area (TPSA) is 32.7 Å². The lowest BCUT2D eigenvalue weighted by molar-refractivity contribution is 0.204. The summed E-state index contributed by atoms with van der Waals surface area (Å²) >= 11 is 0. The van der Waals surface area contributed by atoms with Gasteiger partial charge in [-0.15, -0.1) is 0 Å². The van der Waals surface area contributed by atoms with E-state index in [1.807, 2.05) is 18.2 Å². The zero-order chi connectivity index (χ0) is 17.9. The van der Waals surface area contributed by atoms with Gasteiger partial charge in [-0.1, -0.05) is 48.5 Å². The average molecular weight is 345 g/mol. The predicted octanol–water partition coefficient (Wildman–Crippen LogP) is 4.55. The van der Waals surface area contributed by atoms with Crippen LogP contribution in [0.4, 0.5) is 0 Å². The fourth-order valence-electron chi connectivity index (χ4n) is 3.83. The lowest BCUT2D eigenvalue weighted by atomic mass is 9.87. The Balaban J connectivity index is 1.74. The molecule has 3 nitrogen and oxygen atoms in total. The fraction of sp³-hybridized carbons (Fsp3) is 0.217. The molecule has 4 rings (SSSR count). The highest BCUT2D eigenvalue weighted by Gasteiger charge is 2.29. The van der Waals surface area contributed by atoms with E-state index in [1.54, 1.807) is 13.2 Å². The molecule has 1 aliphatic heterocycles. The number of hydrogen-bond acceptors (Lipinski definition) is 3. The number of rotatable bonds is 4. The Hall–Kier alpha value is -2.78. The number of phenols is 1. The van der Waals surface area contributed by atoms with Gasteiger partial charge in [-0.3, -0.25) is 4.90 Å². The highest BCUT2D eigenvalue weighted by atomic mass is 16.5. The maximum atomic E-state index is 9.88. The normalized spacial score (nSPS) is 16.9. The summed E-state index contributed by atoms with van der Waals surface area (Å²) in [6.45, 7) is 1.86. The molecule has 0 radical (unpaired) electrons. The summed E-state index contributed by atoms with van der Waals surface area (Å²) in [5.74, 6) is 1.21. The van der Waals surface area contributed by atoms with Gasteiger partial charge in [-0.25, -0.2) is 0 Å². The molecule has 1 N–H and O–H groups in total. The van der Waals surface area contributed by atoms with E-state index in [4.69, 9.17) is 4.74 Å². The molecule has 0 saturated heterocycles. The summed E-state index contributed by atoms with van der Waals surface area (Å²) in [5, 5.41) is 9.88. The fourth-order valence-corrected chi connectivity index (χ4v) is 3.83. The molecule has 132 valence electrons. The number of aromatic hydroxyl groups is 1. The first-order chi connectivity index (χ1) is 12.7. The van der Waals surface area contributed by atoms with Gasteiger partial charge in [0.15, 0.2) is 0 Å². The van der Waals surface area contributed by atoms with E-state index in [9.17, 15) is 5.11 Å². The molecule has 3 aromatic rings. The first-order valence-electron chi connectivity index (χ1n) is 8.98. The van der Waals surface area contributed by atoms with Crippen LogP contribution in [0.3, 0.4) is 0 Å². The van der Waals surface area contributed by atoms with Crippen LogP contribution in [-0.2, 0) is 13.0 Å². The van der Waals surface area contributed by atoms with Crippen LogP contribution in [-0.4, -0.2) is 23.7 Å². The van der Waals surface area contributed by atoms with Crippen molar-refractivity contribution in [2.24, 2.45) is 0 Å². The van der Waals surface area contributed by atoms with Gasteiger partial charge in [0.05, 0.1) is 13.2 Å². The van der Waals surface area contributed by atoms with Gasteiger partial charge < -0.3 is 9.84 Å². The third kappa shape index (κ3) is 3.31. The molecule has 0 aromatic heterocycles. The maximum Gasteiger partial charge on any atom is 0.118 e. The van der Waals surface area contributed by atoms with Crippen molar-refractivity contribution in [3.05, 3.63) is 95.1 Å². The molecule has 3 heteroatoms. The standard InChI is InChI=1S/C23H23NO2/c1-26-21-10-7-18(8-11-21)23-22-12-9-20(25)15-19(22)13-14-24(23)16-17-5-3-2-4-6-17/h2-12,15,23,25H,13-14,16H2,1H3. The number of benzene rings is 3. The molecule has 26 heavy (non-hydrogen) atoms. The van der Waals surface area contributed by atoms with E-state index in [1.165, 1.54) is 22.3 Å². The zero-order valence-corrected chi connectivity index (χ0v) is 14.9. The predicted molar refractivity (Wildman–Crippen MR) is 103 cm³/mol. The van der Waals surface area contributed by atoms with Crippen molar-refractivity contribution in [2.45, 2.75) is 19.0 Å². The van der Waals surface area contributed by atoms with Gasteiger partial charge in [-0.05, 0) is 52.9 Å². The number of phenolic OH excluding ortho intramolecular Hbond substituents is 1. The Labute approximate surface area is 154 Å². The van der Waals surface area contributed by atoms with Gasteiger partial charge in [0.2, 0.25) is 0 Å². The van der Waals surface area contributed by atoms with Crippen molar-refractivity contribution < 1.29 is 9.84 Å². The largest absolute Gasteiger partial charge is 0.508 e. The lowest BCUT2D eigenvalue weighted by Gasteiger charge is -2.38. The summed E-state index contributed by atoms with van der Waals surface area (Å²) in [6, 6.07) is 24.9. The molecule has 1 aliphatic rings. The SMILES string of the molecule is COc1ccc(C2c3ccc(O)cc3CCN2Cc2ccccc2)cc1. The summed E-state index contributed by atoms with van der Waals surface area (Å²) < 4.78 is 5.32. The van der Waals surface area contributed by atoms with Crippen molar-refractivity contribution >= 4 is 0 Å². The highest BCUT2D eigenvalue weighted by Crippen LogP contribution is 2.37. The summed E-state index contributed by atoms with van der Waals surface area (Å²) in [7, 11) is 1.69. The second-order valence-corrected chi connectivity index (χ2v) is 6.76. The lowest BCUT2D eigenvalue weighted by Crippen LogP contribution is -2.35. The Morgan fingerprint density at radius 2 is 1.77 bits per heavy atom. The highest BCUT2D eigenvalue weighted by molar-refractivity contribution is 5.44. The molecule has 0 spiro atoms. The van der Waals surface area contributed by atoms with Gasteiger partial charge in [0, 0.05) is 13.1 Å². The molecule has 1 atom stereocenters. The minimum Gasteiger partial charge on any atom is -0.508 e.